The number of rotatable bonds is 4. The van der Waals surface area contributed by atoms with Gasteiger partial charge >= 0.3 is 0 Å². The predicted octanol–water partition coefficient (Wildman–Crippen LogP) is 13.0. The van der Waals surface area contributed by atoms with Crippen molar-refractivity contribution in [2.24, 2.45) is 0 Å². The van der Waals surface area contributed by atoms with Gasteiger partial charge in [0.2, 0.25) is 0 Å². The van der Waals surface area contributed by atoms with Crippen LogP contribution in [0.3, 0.4) is 0 Å². The average molecular weight is 583 g/mol. The van der Waals surface area contributed by atoms with E-state index in [2.05, 4.69) is 182 Å². The SMILES string of the molecule is c1ccc(-c2cc3cc(-c4ccc5ccccc5c4)ccc3c3ccc(-c4cccc(-c5cccc6ccccc56)c4)cc23)cc1. The van der Waals surface area contributed by atoms with E-state index in [1.54, 1.807) is 0 Å². The maximum absolute atomic E-state index is 2.39. The first kappa shape index (κ1) is 26.4. The molecule has 0 aliphatic rings. The number of hydrogen-bond donors (Lipinski definition) is 0. The van der Waals surface area contributed by atoms with E-state index < -0.39 is 0 Å². The Hall–Kier alpha value is -5.98. The zero-order valence-electron chi connectivity index (χ0n) is 25.3. The van der Waals surface area contributed by atoms with Crippen LogP contribution in [-0.4, -0.2) is 0 Å². The second-order valence-electron chi connectivity index (χ2n) is 12.2. The van der Waals surface area contributed by atoms with Crippen molar-refractivity contribution in [3.05, 3.63) is 182 Å². The van der Waals surface area contributed by atoms with Crippen LogP contribution in [-0.2, 0) is 0 Å². The summed E-state index contributed by atoms with van der Waals surface area (Å²) in [4.78, 5) is 0. The molecule has 0 aliphatic carbocycles. The second kappa shape index (κ2) is 10.9. The Balaban J connectivity index is 1.21. The van der Waals surface area contributed by atoms with Crippen LogP contribution >= 0.6 is 0 Å². The quantitative estimate of drug-likeness (QED) is 0.181. The summed E-state index contributed by atoms with van der Waals surface area (Å²) < 4.78 is 0. The lowest BCUT2D eigenvalue weighted by Crippen LogP contribution is -1.88. The Morgan fingerprint density at radius 3 is 1.65 bits per heavy atom. The molecule has 0 N–H and O–H groups in total. The largest absolute Gasteiger partial charge is 0.0622 e. The van der Waals surface area contributed by atoms with Gasteiger partial charge in [-0.2, -0.15) is 0 Å². The topological polar surface area (TPSA) is 0 Å². The molecular formula is C46H30. The first-order valence-electron chi connectivity index (χ1n) is 15.9. The smallest absolute Gasteiger partial charge is 0.00928 e. The summed E-state index contributed by atoms with van der Waals surface area (Å²) in [6.45, 7) is 0. The molecule has 0 aromatic heterocycles. The third-order valence-corrected chi connectivity index (χ3v) is 9.42. The molecule has 46 heavy (non-hydrogen) atoms. The summed E-state index contributed by atoms with van der Waals surface area (Å²) in [6, 6.07) is 66.6. The van der Waals surface area contributed by atoms with Gasteiger partial charge in [-0.05, 0) is 118 Å². The summed E-state index contributed by atoms with van der Waals surface area (Å²) in [6.07, 6.45) is 0. The van der Waals surface area contributed by atoms with Crippen LogP contribution in [0.2, 0.25) is 0 Å². The summed E-state index contributed by atoms with van der Waals surface area (Å²) in [5.41, 5.74) is 9.90. The van der Waals surface area contributed by atoms with Crippen LogP contribution in [0.4, 0.5) is 0 Å². The van der Waals surface area contributed by atoms with Gasteiger partial charge in [0.25, 0.3) is 0 Å². The summed E-state index contributed by atoms with van der Waals surface area (Å²) >= 11 is 0. The minimum absolute atomic E-state index is 1.22. The Kier molecular flexibility index (Phi) is 6.25. The van der Waals surface area contributed by atoms with Crippen molar-refractivity contribution < 1.29 is 0 Å². The molecule has 214 valence electrons. The highest BCUT2D eigenvalue weighted by Gasteiger charge is 2.13. The molecule has 0 atom stereocenters. The maximum Gasteiger partial charge on any atom is -0.00928 e. The highest BCUT2D eigenvalue weighted by atomic mass is 14.2. The third kappa shape index (κ3) is 4.55. The molecule has 9 aromatic rings. The molecule has 0 amide bonds. The molecule has 0 bridgehead atoms. The summed E-state index contributed by atoms with van der Waals surface area (Å²) in [5.74, 6) is 0. The number of hydrogen-bond acceptors (Lipinski definition) is 0. The van der Waals surface area contributed by atoms with E-state index in [1.807, 2.05) is 0 Å². The van der Waals surface area contributed by atoms with Gasteiger partial charge in [0, 0.05) is 0 Å². The normalized spacial score (nSPS) is 11.5. The van der Waals surface area contributed by atoms with Crippen LogP contribution in [0.15, 0.2) is 182 Å². The maximum atomic E-state index is 2.39. The van der Waals surface area contributed by atoms with Gasteiger partial charge in [-0.1, -0.05) is 152 Å². The fourth-order valence-corrected chi connectivity index (χ4v) is 7.09. The van der Waals surface area contributed by atoms with Crippen LogP contribution in [0.5, 0.6) is 0 Å². The van der Waals surface area contributed by atoms with Gasteiger partial charge in [-0.3, -0.25) is 0 Å². The van der Waals surface area contributed by atoms with Crippen molar-refractivity contribution >= 4 is 43.1 Å². The predicted molar refractivity (Wildman–Crippen MR) is 198 cm³/mol. The van der Waals surface area contributed by atoms with E-state index in [0.717, 1.165) is 0 Å². The molecule has 0 saturated heterocycles. The molecule has 0 nitrogen and oxygen atoms in total. The van der Waals surface area contributed by atoms with Gasteiger partial charge in [-0.15, -0.1) is 0 Å². The lowest BCUT2D eigenvalue weighted by molar-refractivity contribution is 1.61. The fourth-order valence-electron chi connectivity index (χ4n) is 7.09. The minimum Gasteiger partial charge on any atom is -0.0622 e. The summed E-state index contributed by atoms with van der Waals surface area (Å²) in [7, 11) is 0. The molecule has 0 heterocycles. The van der Waals surface area contributed by atoms with Gasteiger partial charge in [0.15, 0.2) is 0 Å². The lowest BCUT2D eigenvalue weighted by Gasteiger charge is -2.15. The molecule has 0 aliphatic heterocycles. The van der Waals surface area contributed by atoms with E-state index in [0.29, 0.717) is 0 Å². The van der Waals surface area contributed by atoms with E-state index >= 15 is 0 Å². The number of benzene rings is 9. The molecule has 9 rings (SSSR count). The lowest BCUT2D eigenvalue weighted by atomic mass is 9.89. The Morgan fingerprint density at radius 2 is 0.783 bits per heavy atom. The van der Waals surface area contributed by atoms with Crippen molar-refractivity contribution in [2.75, 3.05) is 0 Å². The molecule has 0 radical (unpaired) electrons. The highest BCUT2D eigenvalue weighted by Crippen LogP contribution is 2.40. The van der Waals surface area contributed by atoms with E-state index in [4.69, 9.17) is 0 Å². The van der Waals surface area contributed by atoms with Gasteiger partial charge in [0.1, 0.15) is 0 Å². The van der Waals surface area contributed by atoms with Gasteiger partial charge in [-0.25, -0.2) is 0 Å². The van der Waals surface area contributed by atoms with E-state index in [1.165, 1.54) is 87.6 Å². The van der Waals surface area contributed by atoms with Crippen LogP contribution in [0.25, 0.3) is 87.6 Å². The molecule has 0 fully saturated rings. The zero-order valence-corrected chi connectivity index (χ0v) is 25.3. The Bertz CT molecular complexity index is 2570. The Morgan fingerprint density at radius 1 is 0.196 bits per heavy atom. The van der Waals surface area contributed by atoms with Crippen molar-refractivity contribution in [3.8, 4) is 44.5 Å². The third-order valence-electron chi connectivity index (χ3n) is 9.42. The van der Waals surface area contributed by atoms with E-state index in [-0.39, 0.29) is 0 Å². The van der Waals surface area contributed by atoms with E-state index in [9.17, 15) is 0 Å². The van der Waals surface area contributed by atoms with Crippen molar-refractivity contribution in [1.29, 1.82) is 0 Å². The first-order chi connectivity index (χ1) is 22.8. The standard InChI is InChI=1S/C46H30/c1-2-11-33(12-3-1)45-30-40-28-37(36-21-20-31-10-4-5-14-34(31)26-36)22-24-43(40)44-25-23-38(29-46(44)45)35-16-8-17-39(27-35)42-19-9-15-32-13-6-7-18-41(32)42/h1-30H. The number of fused-ring (bicyclic) bond motifs is 5. The summed E-state index contributed by atoms with van der Waals surface area (Å²) in [5, 5.41) is 10.1. The molecule has 0 saturated carbocycles. The van der Waals surface area contributed by atoms with Crippen molar-refractivity contribution in [3.63, 3.8) is 0 Å². The van der Waals surface area contributed by atoms with Crippen LogP contribution in [0, 0.1) is 0 Å². The Labute approximate surface area is 268 Å². The molecule has 0 heteroatoms. The second-order valence-corrected chi connectivity index (χ2v) is 12.2. The minimum atomic E-state index is 1.22. The van der Waals surface area contributed by atoms with Gasteiger partial charge < -0.3 is 0 Å². The van der Waals surface area contributed by atoms with Crippen molar-refractivity contribution in [2.45, 2.75) is 0 Å². The zero-order chi connectivity index (χ0) is 30.5. The average Bonchev–Trinajstić information content (AvgIpc) is 3.14. The van der Waals surface area contributed by atoms with Crippen LogP contribution < -0.4 is 0 Å². The van der Waals surface area contributed by atoms with Crippen molar-refractivity contribution in [1.82, 2.24) is 0 Å². The first-order valence-corrected chi connectivity index (χ1v) is 15.9. The fraction of sp³-hybridized carbons (Fsp3) is 0. The van der Waals surface area contributed by atoms with Crippen LogP contribution in [0.1, 0.15) is 0 Å². The monoisotopic (exact) mass is 582 g/mol. The highest BCUT2D eigenvalue weighted by molar-refractivity contribution is 6.15. The molecule has 0 unspecified atom stereocenters. The molecule has 0 spiro atoms. The molecular weight excluding hydrogens is 553 g/mol. The molecule has 9 aromatic carbocycles. The van der Waals surface area contributed by atoms with Gasteiger partial charge in [0.05, 0.1) is 0 Å².